The van der Waals surface area contributed by atoms with Crippen LogP contribution in [0.5, 0.6) is 5.75 Å². The van der Waals surface area contributed by atoms with Gasteiger partial charge in [0.15, 0.2) is 6.10 Å². The van der Waals surface area contributed by atoms with Crippen LogP contribution in [0.15, 0.2) is 18.2 Å². The number of rotatable bonds is 3. The molecule has 1 aliphatic rings. The number of fused-ring (bicyclic) bond motifs is 1. The van der Waals surface area contributed by atoms with E-state index in [4.69, 9.17) is 4.74 Å². The van der Waals surface area contributed by atoms with Crippen molar-refractivity contribution in [3.63, 3.8) is 0 Å². The molecule has 20 heavy (non-hydrogen) atoms. The Hall–Kier alpha value is -2.08. The zero-order valence-corrected chi connectivity index (χ0v) is 11.5. The van der Waals surface area contributed by atoms with Gasteiger partial charge in [0.05, 0.1) is 6.10 Å². The smallest absolute Gasteiger partial charge is 0.321 e. The number of benzene rings is 1. The highest BCUT2D eigenvalue weighted by molar-refractivity contribution is 5.96. The van der Waals surface area contributed by atoms with E-state index < -0.39 is 24.1 Å². The minimum atomic E-state index is -0.781. The first kappa shape index (κ1) is 14.3. The lowest BCUT2D eigenvalue weighted by Gasteiger charge is -2.15. The van der Waals surface area contributed by atoms with Crippen molar-refractivity contribution in [2.45, 2.75) is 32.0 Å². The highest BCUT2D eigenvalue weighted by Gasteiger charge is 2.22. The topological polar surface area (TPSA) is 87.7 Å². The quantitative estimate of drug-likeness (QED) is 0.766. The summed E-state index contributed by atoms with van der Waals surface area (Å²) in [4.78, 5) is 22.7. The number of urea groups is 1. The van der Waals surface area contributed by atoms with Crippen LogP contribution < -0.4 is 15.4 Å². The number of aliphatic hydroxyl groups excluding tert-OH is 1. The van der Waals surface area contributed by atoms with Crippen molar-refractivity contribution in [1.29, 1.82) is 0 Å². The van der Waals surface area contributed by atoms with E-state index >= 15 is 0 Å². The molecule has 0 spiro atoms. The number of aliphatic hydroxyl groups is 1. The fourth-order valence-electron chi connectivity index (χ4n) is 2.18. The summed E-state index contributed by atoms with van der Waals surface area (Å²) in [7, 11) is 1.43. The number of hydrogen-bond acceptors (Lipinski definition) is 4. The third kappa shape index (κ3) is 3.08. The summed E-state index contributed by atoms with van der Waals surface area (Å²) in [5, 5.41) is 14.2. The maximum Gasteiger partial charge on any atom is 0.321 e. The molecule has 2 atom stereocenters. The summed E-state index contributed by atoms with van der Waals surface area (Å²) in [6.45, 7) is 1.57. The van der Waals surface area contributed by atoms with Crippen molar-refractivity contribution >= 4 is 11.9 Å². The Bertz CT molecular complexity index is 530. The predicted octanol–water partition coefficient (Wildman–Crippen LogP) is 0.889. The van der Waals surface area contributed by atoms with Gasteiger partial charge < -0.3 is 15.2 Å². The van der Waals surface area contributed by atoms with Crippen LogP contribution >= 0.6 is 0 Å². The number of carbonyl (C=O) groups excluding carboxylic acids is 2. The van der Waals surface area contributed by atoms with Crippen LogP contribution in [0.4, 0.5) is 4.79 Å². The van der Waals surface area contributed by atoms with Crippen LogP contribution in [0.25, 0.3) is 0 Å². The monoisotopic (exact) mass is 278 g/mol. The largest absolute Gasteiger partial charge is 0.481 e. The molecule has 2 rings (SSSR count). The molecule has 3 N–H and O–H groups in total. The molecule has 1 aliphatic carbocycles. The zero-order valence-electron chi connectivity index (χ0n) is 11.5. The van der Waals surface area contributed by atoms with Crippen molar-refractivity contribution < 1.29 is 19.4 Å². The molecule has 0 aliphatic heterocycles. The molecule has 0 radical (unpaired) electrons. The van der Waals surface area contributed by atoms with E-state index in [-0.39, 0.29) is 0 Å². The molecule has 6 nitrogen and oxygen atoms in total. The average molecular weight is 278 g/mol. The number of nitrogens with one attached hydrogen (secondary N) is 2. The highest BCUT2D eigenvalue weighted by Crippen LogP contribution is 2.33. The van der Waals surface area contributed by atoms with Gasteiger partial charge in [-0.2, -0.15) is 0 Å². The second-order valence-corrected chi connectivity index (χ2v) is 4.74. The van der Waals surface area contributed by atoms with Gasteiger partial charge in [0.25, 0.3) is 5.91 Å². The van der Waals surface area contributed by atoms with Crippen molar-refractivity contribution in [3.05, 3.63) is 29.3 Å². The number of imide groups is 1. The summed E-state index contributed by atoms with van der Waals surface area (Å²) >= 11 is 0. The SMILES string of the molecule is CNC(=O)NC(=O)C(C)Oc1ccc2c(c1)CC[C@H]2O. The molecule has 0 heterocycles. The Balaban J connectivity index is 2.00. The van der Waals surface area contributed by atoms with E-state index in [2.05, 4.69) is 10.6 Å². The molecule has 0 saturated carbocycles. The van der Waals surface area contributed by atoms with Gasteiger partial charge in [-0.1, -0.05) is 6.07 Å². The number of hydrogen-bond donors (Lipinski definition) is 3. The van der Waals surface area contributed by atoms with Gasteiger partial charge in [0.1, 0.15) is 5.75 Å². The van der Waals surface area contributed by atoms with Gasteiger partial charge in [0, 0.05) is 7.05 Å². The van der Waals surface area contributed by atoms with Crippen LogP contribution in [0.3, 0.4) is 0 Å². The molecular weight excluding hydrogens is 260 g/mol. The van der Waals surface area contributed by atoms with E-state index in [1.807, 2.05) is 12.1 Å². The summed E-state index contributed by atoms with van der Waals surface area (Å²) in [5.74, 6) is 0.0438. The minimum absolute atomic E-state index is 0.409. The van der Waals surface area contributed by atoms with Gasteiger partial charge >= 0.3 is 6.03 Å². The Morgan fingerprint density at radius 3 is 2.90 bits per heavy atom. The Kier molecular flexibility index (Phi) is 4.24. The first-order valence-corrected chi connectivity index (χ1v) is 6.51. The fraction of sp³-hybridized carbons (Fsp3) is 0.429. The van der Waals surface area contributed by atoms with E-state index in [0.29, 0.717) is 12.2 Å². The average Bonchev–Trinajstić information content (AvgIpc) is 2.79. The molecular formula is C14H18N2O4. The van der Waals surface area contributed by atoms with Crippen molar-refractivity contribution in [1.82, 2.24) is 10.6 Å². The van der Waals surface area contributed by atoms with E-state index in [0.717, 1.165) is 17.5 Å². The summed E-state index contributed by atoms with van der Waals surface area (Å²) < 4.78 is 5.51. The molecule has 1 aromatic carbocycles. The van der Waals surface area contributed by atoms with Crippen LogP contribution in [0, 0.1) is 0 Å². The third-order valence-electron chi connectivity index (χ3n) is 3.31. The van der Waals surface area contributed by atoms with Crippen LogP contribution in [0.2, 0.25) is 0 Å². The molecule has 3 amide bonds. The maximum atomic E-state index is 11.7. The lowest BCUT2D eigenvalue weighted by atomic mass is 10.1. The number of ether oxygens (including phenoxy) is 1. The zero-order chi connectivity index (χ0) is 14.7. The second kappa shape index (κ2) is 5.92. The van der Waals surface area contributed by atoms with Gasteiger partial charge in [-0.15, -0.1) is 0 Å². The van der Waals surface area contributed by atoms with E-state index in [1.165, 1.54) is 7.05 Å². The molecule has 108 valence electrons. The fourth-order valence-corrected chi connectivity index (χ4v) is 2.18. The Labute approximate surface area is 117 Å². The third-order valence-corrected chi connectivity index (χ3v) is 3.31. The van der Waals surface area contributed by atoms with Crippen molar-refractivity contribution in [3.8, 4) is 5.75 Å². The van der Waals surface area contributed by atoms with Gasteiger partial charge in [-0.05, 0) is 43.0 Å². The second-order valence-electron chi connectivity index (χ2n) is 4.74. The maximum absolute atomic E-state index is 11.7. The first-order chi connectivity index (χ1) is 9.51. The molecule has 0 aromatic heterocycles. The summed E-state index contributed by atoms with van der Waals surface area (Å²) in [5.41, 5.74) is 1.95. The molecule has 0 saturated heterocycles. The summed E-state index contributed by atoms with van der Waals surface area (Å²) in [6, 6.07) is 4.79. The number of aryl methyl sites for hydroxylation is 1. The molecule has 0 bridgehead atoms. The van der Waals surface area contributed by atoms with Crippen molar-refractivity contribution in [2.24, 2.45) is 0 Å². The highest BCUT2D eigenvalue weighted by atomic mass is 16.5. The van der Waals surface area contributed by atoms with Crippen LogP contribution in [-0.2, 0) is 11.2 Å². The van der Waals surface area contributed by atoms with Crippen LogP contribution in [-0.4, -0.2) is 30.2 Å². The van der Waals surface area contributed by atoms with E-state index in [1.54, 1.807) is 13.0 Å². The Morgan fingerprint density at radius 1 is 1.45 bits per heavy atom. The standard InChI is InChI=1S/C14H18N2O4/c1-8(13(18)16-14(19)15-2)20-10-4-5-11-9(7-10)3-6-12(11)17/h4-5,7-8,12,17H,3,6H2,1-2H3,(H2,15,16,18,19)/t8?,12-/m1/s1. The minimum Gasteiger partial charge on any atom is -0.481 e. The lowest BCUT2D eigenvalue weighted by Crippen LogP contribution is -2.43. The molecule has 6 heteroatoms. The normalized spacial score (nSPS) is 18.1. The Morgan fingerprint density at radius 2 is 2.20 bits per heavy atom. The first-order valence-electron chi connectivity index (χ1n) is 6.51. The number of amides is 3. The number of carbonyl (C=O) groups is 2. The van der Waals surface area contributed by atoms with Gasteiger partial charge in [0.2, 0.25) is 0 Å². The van der Waals surface area contributed by atoms with Crippen molar-refractivity contribution in [2.75, 3.05) is 7.05 Å². The molecule has 1 unspecified atom stereocenters. The summed E-state index contributed by atoms with van der Waals surface area (Å²) in [6.07, 6.45) is 0.322. The molecule has 1 aromatic rings. The van der Waals surface area contributed by atoms with Gasteiger partial charge in [-0.25, -0.2) is 4.79 Å². The van der Waals surface area contributed by atoms with E-state index in [9.17, 15) is 14.7 Å². The molecule has 0 fully saturated rings. The van der Waals surface area contributed by atoms with Crippen LogP contribution in [0.1, 0.15) is 30.6 Å². The van der Waals surface area contributed by atoms with Gasteiger partial charge in [-0.3, -0.25) is 10.1 Å². The predicted molar refractivity (Wildman–Crippen MR) is 72.4 cm³/mol. The lowest BCUT2D eigenvalue weighted by molar-refractivity contribution is -0.126.